The highest BCUT2D eigenvalue weighted by Gasteiger charge is 2.27. The van der Waals surface area contributed by atoms with Gasteiger partial charge in [0.15, 0.2) is 0 Å². The van der Waals surface area contributed by atoms with E-state index in [1.54, 1.807) is 0 Å². The summed E-state index contributed by atoms with van der Waals surface area (Å²) in [5.74, 6) is 2.32. The van der Waals surface area contributed by atoms with Gasteiger partial charge in [0.1, 0.15) is 16.2 Å². The number of hydrogen-bond donors (Lipinski definition) is 1. The second kappa shape index (κ2) is 5.11. The largest absolute Gasteiger partial charge is 0.340 e. The van der Waals surface area contributed by atoms with Crippen molar-refractivity contribution in [2.75, 3.05) is 5.32 Å². The highest BCUT2D eigenvalue weighted by Crippen LogP contribution is 2.39. The standard InChI is InChI=1S/C17H14BrN3/c18-15-10-16(21-17(20-15)12-5-6-12)19-14-8-7-11-3-1-2-4-13(11)9-14/h1-4,7-10,12H,5-6H2,(H,19,20,21). The summed E-state index contributed by atoms with van der Waals surface area (Å²) >= 11 is 3.47. The number of aromatic nitrogens is 2. The summed E-state index contributed by atoms with van der Waals surface area (Å²) < 4.78 is 0.836. The van der Waals surface area contributed by atoms with Crippen LogP contribution in [0.1, 0.15) is 24.6 Å². The number of nitrogens with one attached hydrogen (secondary N) is 1. The van der Waals surface area contributed by atoms with Crippen molar-refractivity contribution in [3.63, 3.8) is 0 Å². The van der Waals surface area contributed by atoms with Crippen LogP contribution < -0.4 is 5.32 Å². The third-order valence-electron chi connectivity index (χ3n) is 3.68. The summed E-state index contributed by atoms with van der Waals surface area (Å²) in [6, 6.07) is 16.6. The van der Waals surface area contributed by atoms with Crippen LogP contribution in [-0.2, 0) is 0 Å². The summed E-state index contributed by atoms with van der Waals surface area (Å²) in [5.41, 5.74) is 1.04. The van der Waals surface area contributed by atoms with Crippen LogP contribution in [0.3, 0.4) is 0 Å². The Labute approximate surface area is 131 Å². The molecule has 21 heavy (non-hydrogen) atoms. The number of hydrogen-bond acceptors (Lipinski definition) is 3. The van der Waals surface area contributed by atoms with Crippen molar-refractivity contribution in [1.82, 2.24) is 9.97 Å². The van der Waals surface area contributed by atoms with Crippen molar-refractivity contribution in [3.8, 4) is 0 Å². The molecule has 4 heteroatoms. The molecule has 4 rings (SSSR count). The van der Waals surface area contributed by atoms with Crippen molar-refractivity contribution in [3.05, 3.63) is 59.0 Å². The summed E-state index contributed by atoms with van der Waals surface area (Å²) in [5, 5.41) is 5.84. The van der Waals surface area contributed by atoms with E-state index in [1.165, 1.54) is 23.6 Å². The van der Waals surface area contributed by atoms with Crippen molar-refractivity contribution in [2.45, 2.75) is 18.8 Å². The van der Waals surface area contributed by atoms with Gasteiger partial charge in [-0.1, -0.05) is 30.3 Å². The SMILES string of the molecule is Brc1cc(Nc2ccc3ccccc3c2)nc(C2CC2)n1. The minimum atomic E-state index is 0.541. The van der Waals surface area contributed by atoms with Gasteiger partial charge in [0, 0.05) is 17.7 Å². The van der Waals surface area contributed by atoms with Crippen molar-refractivity contribution in [2.24, 2.45) is 0 Å². The third-order valence-corrected chi connectivity index (χ3v) is 4.08. The van der Waals surface area contributed by atoms with Crippen molar-refractivity contribution in [1.29, 1.82) is 0 Å². The molecule has 1 N–H and O–H groups in total. The van der Waals surface area contributed by atoms with E-state index in [9.17, 15) is 0 Å². The van der Waals surface area contributed by atoms with Gasteiger partial charge in [-0.15, -0.1) is 0 Å². The van der Waals surface area contributed by atoms with Gasteiger partial charge < -0.3 is 5.32 Å². The predicted molar refractivity (Wildman–Crippen MR) is 88.9 cm³/mol. The fourth-order valence-corrected chi connectivity index (χ4v) is 2.84. The van der Waals surface area contributed by atoms with E-state index in [2.05, 4.69) is 73.7 Å². The van der Waals surface area contributed by atoms with Crippen LogP contribution in [0.4, 0.5) is 11.5 Å². The molecule has 3 aromatic rings. The molecule has 1 heterocycles. The highest BCUT2D eigenvalue weighted by atomic mass is 79.9. The fraction of sp³-hybridized carbons (Fsp3) is 0.176. The molecule has 0 bridgehead atoms. The number of fused-ring (bicyclic) bond motifs is 1. The smallest absolute Gasteiger partial charge is 0.135 e. The lowest BCUT2D eigenvalue weighted by Gasteiger charge is -2.09. The number of halogens is 1. The average Bonchev–Trinajstić information content (AvgIpc) is 3.31. The molecule has 0 atom stereocenters. The first-order valence-electron chi connectivity index (χ1n) is 7.08. The minimum Gasteiger partial charge on any atom is -0.340 e. The molecule has 2 aromatic carbocycles. The van der Waals surface area contributed by atoms with Crippen LogP contribution in [0.25, 0.3) is 10.8 Å². The van der Waals surface area contributed by atoms with E-state index in [-0.39, 0.29) is 0 Å². The van der Waals surface area contributed by atoms with E-state index < -0.39 is 0 Å². The van der Waals surface area contributed by atoms with Crippen LogP contribution in [0.2, 0.25) is 0 Å². The Morgan fingerprint density at radius 1 is 0.952 bits per heavy atom. The molecule has 0 saturated heterocycles. The van der Waals surface area contributed by atoms with Crippen LogP contribution in [0.5, 0.6) is 0 Å². The van der Waals surface area contributed by atoms with E-state index in [0.717, 1.165) is 21.9 Å². The predicted octanol–water partition coefficient (Wildman–Crippen LogP) is 5.01. The molecule has 1 aliphatic rings. The Morgan fingerprint density at radius 3 is 2.57 bits per heavy atom. The number of rotatable bonds is 3. The Hall–Kier alpha value is -1.94. The average molecular weight is 340 g/mol. The maximum atomic E-state index is 4.62. The van der Waals surface area contributed by atoms with Crippen molar-refractivity contribution < 1.29 is 0 Å². The van der Waals surface area contributed by atoms with Crippen molar-refractivity contribution >= 4 is 38.2 Å². The van der Waals surface area contributed by atoms with E-state index in [1.807, 2.05) is 6.07 Å². The molecule has 0 unspecified atom stereocenters. The molecule has 104 valence electrons. The Kier molecular flexibility index (Phi) is 3.11. The van der Waals surface area contributed by atoms with Gasteiger partial charge in [-0.3, -0.25) is 0 Å². The normalized spacial score (nSPS) is 14.3. The Morgan fingerprint density at radius 2 is 1.76 bits per heavy atom. The first-order chi connectivity index (χ1) is 10.3. The molecule has 1 fully saturated rings. The number of nitrogens with zero attached hydrogens (tertiary/aromatic N) is 2. The lowest BCUT2D eigenvalue weighted by atomic mass is 10.1. The molecule has 0 aliphatic heterocycles. The Balaban J connectivity index is 1.67. The summed E-state index contributed by atoms with van der Waals surface area (Å²) in [6.45, 7) is 0. The molecular weight excluding hydrogens is 326 g/mol. The van der Waals surface area contributed by atoms with Gasteiger partial charge >= 0.3 is 0 Å². The van der Waals surface area contributed by atoms with E-state index in [4.69, 9.17) is 0 Å². The summed E-state index contributed by atoms with van der Waals surface area (Å²) in [7, 11) is 0. The minimum absolute atomic E-state index is 0.541. The summed E-state index contributed by atoms with van der Waals surface area (Å²) in [6.07, 6.45) is 2.40. The van der Waals surface area contributed by atoms with Crippen LogP contribution >= 0.6 is 15.9 Å². The zero-order valence-corrected chi connectivity index (χ0v) is 13.0. The lowest BCUT2D eigenvalue weighted by molar-refractivity contribution is 0.919. The quantitative estimate of drug-likeness (QED) is 0.681. The van der Waals surface area contributed by atoms with Gasteiger partial charge in [-0.2, -0.15) is 0 Å². The van der Waals surface area contributed by atoms with Crippen LogP contribution in [0, 0.1) is 0 Å². The van der Waals surface area contributed by atoms with Gasteiger partial charge in [0.2, 0.25) is 0 Å². The van der Waals surface area contributed by atoms with Gasteiger partial charge in [0.05, 0.1) is 0 Å². The van der Waals surface area contributed by atoms with Gasteiger partial charge in [-0.05, 0) is 51.7 Å². The second-order valence-electron chi connectivity index (χ2n) is 5.40. The molecule has 3 nitrogen and oxygen atoms in total. The zero-order valence-electron chi connectivity index (χ0n) is 11.4. The van der Waals surface area contributed by atoms with E-state index >= 15 is 0 Å². The molecule has 0 spiro atoms. The topological polar surface area (TPSA) is 37.8 Å². The number of benzene rings is 2. The fourth-order valence-electron chi connectivity index (χ4n) is 2.44. The third kappa shape index (κ3) is 2.76. The zero-order chi connectivity index (χ0) is 14.2. The second-order valence-corrected chi connectivity index (χ2v) is 6.21. The maximum Gasteiger partial charge on any atom is 0.135 e. The molecule has 1 saturated carbocycles. The summed E-state index contributed by atoms with van der Waals surface area (Å²) in [4.78, 5) is 9.07. The van der Waals surface area contributed by atoms with Crippen LogP contribution in [-0.4, -0.2) is 9.97 Å². The van der Waals surface area contributed by atoms with Gasteiger partial charge in [-0.25, -0.2) is 9.97 Å². The molecule has 1 aliphatic carbocycles. The van der Waals surface area contributed by atoms with E-state index in [0.29, 0.717) is 5.92 Å². The Bertz CT molecular complexity index is 812. The lowest BCUT2D eigenvalue weighted by Crippen LogP contribution is -1.99. The van der Waals surface area contributed by atoms with Crippen LogP contribution in [0.15, 0.2) is 53.1 Å². The molecule has 0 amide bonds. The molecule has 1 aromatic heterocycles. The first kappa shape index (κ1) is 12.8. The first-order valence-corrected chi connectivity index (χ1v) is 7.87. The molecule has 0 radical (unpaired) electrons. The monoisotopic (exact) mass is 339 g/mol. The highest BCUT2D eigenvalue weighted by molar-refractivity contribution is 9.10. The van der Waals surface area contributed by atoms with Gasteiger partial charge in [0.25, 0.3) is 0 Å². The molecular formula is C17H14BrN3. The maximum absolute atomic E-state index is 4.62. The number of anilines is 2.